The van der Waals surface area contributed by atoms with Crippen LogP contribution in [0.1, 0.15) is 5.56 Å². The molecule has 0 aliphatic rings. The third-order valence-corrected chi connectivity index (χ3v) is 2.05. The highest BCUT2D eigenvalue weighted by Crippen LogP contribution is 2.30. The van der Waals surface area contributed by atoms with Crippen LogP contribution in [0.4, 0.5) is 4.79 Å². The Balaban J connectivity index is 2.82. The molecule has 0 saturated carbocycles. The number of carbonyl (C=O) groups is 1. The zero-order valence-electron chi connectivity index (χ0n) is 9.24. The van der Waals surface area contributed by atoms with Gasteiger partial charge in [0, 0.05) is 12.1 Å². The maximum Gasteiger partial charge on any atom is 0.329 e. The number of hydrogen-bond donors (Lipinski definition) is 3. The summed E-state index contributed by atoms with van der Waals surface area (Å²) >= 11 is 0. The first-order chi connectivity index (χ1) is 7.72. The number of rotatable bonds is 4. The predicted molar refractivity (Wildman–Crippen MR) is 59.1 cm³/mol. The molecule has 1 aromatic rings. The first kappa shape index (κ1) is 12.1. The molecule has 1 rings (SSSR count). The maximum atomic E-state index is 10.9. The Bertz CT molecular complexity index is 368. The quantitative estimate of drug-likeness (QED) is 0.393. The molecule has 0 bridgehead atoms. The van der Waals surface area contributed by atoms with Gasteiger partial charge in [0.05, 0.1) is 14.2 Å². The number of carbonyl (C=O) groups excluding carboxylic acids is 1. The number of ether oxygens (including phenoxy) is 2. The summed E-state index contributed by atoms with van der Waals surface area (Å²) in [6.45, 7) is 0.309. The van der Waals surface area contributed by atoms with E-state index in [0.717, 1.165) is 5.56 Å². The van der Waals surface area contributed by atoms with Gasteiger partial charge in [-0.15, -0.1) is 0 Å². The fourth-order valence-corrected chi connectivity index (χ4v) is 1.32. The highest BCUT2D eigenvalue weighted by molar-refractivity contribution is 5.73. The molecule has 0 aliphatic carbocycles. The number of hydrazine groups is 1. The van der Waals surface area contributed by atoms with E-state index in [0.29, 0.717) is 18.0 Å². The van der Waals surface area contributed by atoms with E-state index in [1.54, 1.807) is 20.3 Å². The second-order valence-electron chi connectivity index (χ2n) is 2.98. The van der Waals surface area contributed by atoms with E-state index in [1.807, 2.05) is 17.6 Å². The molecule has 0 radical (unpaired) electrons. The molecular formula is C10H15N3O3. The molecule has 2 amide bonds. The van der Waals surface area contributed by atoms with Crippen LogP contribution in [0.25, 0.3) is 0 Å². The molecule has 1 aromatic carbocycles. The van der Waals surface area contributed by atoms with Crippen molar-refractivity contribution >= 4 is 6.03 Å². The normalized spacial score (nSPS) is 9.44. The Kier molecular flexibility index (Phi) is 4.41. The van der Waals surface area contributed by atoms with Crippen LogP contribution in [0.3, 0.4) is 0 Å². The Morgan fingerprint density at radius 3 is 2.69 bits per heavy atom. The third kappa shape index (κ3) is 2.77. The minimum atomic E-state index is -0.454. The lowest BCUT2D eigenvalue weighted by Crippen LogP contribution is -2.39. The van der Waals surface area contributed by atoms with Gasteiger partial charge in [-0.05, 0) is 6.07 Å². The van der Waals surface area contributed by atoms with Crippen molar-refractivity contribution in [3.05, 3.63) is 23.8 Å². The van der Waals surface area contributed by atoms with Crippen LogP contribution in [0, 0.1) is 0 Å². The predicted octanol–water partition coefficient (Wildman–Crippen LogP) is 0.377. The summed E-state index contributed by atoms with van der Waals surface area (Å²) in [6.07, 6.45) is 0. The topological polar surface area (TPSA) is 85.6 Å². The molecule has 0 heterocycles. The van der Waals surface area contributed by atoms with E-state index in [4.69, 9.17) is 15.3 Å². The molecule has 0 unspecified atom stereocenters. The van der Waals surface area contributed by atoms with Crippen LogP contribution in [-0.2, 0) is 6.54 Å². The smallest absolute Gasteiger partial charge is 0.329 e. The summed E-state index contributed by atoms with van der Waals surface area (Å²) in [6, 6.07) is 4.98. The van der Waals surface area contributed by atoms with Crippen molar-refractivity contribution in [1.82, 2.24) is 10.7 Å². The van der Waals surface area contributed by atoms with Gasteiger partial charge in [-0.2, -0.15) is 0 Å². The first-order valence-electron chi connectivity index (χ1n) is 4.67. The molecular weight excluding hydrogens is 210 g/mol. The second kappa shape index (κ2) is 5.82. The van der Waals surface area contributed by atoms with Crippen molar-refractivity contribution in [3.8, 4) is 11.5 Å². The van der Waals surface area contributed by atoms with Gasteiger partial charge in [0.25, 0.3) is 0 Å². The lowest BCUT2D eigenvalue weighted by Gasteiger charge is -2.12. The van der Waals surface area contributed by atoms with Crippen molar-refractivity contribution in [1.29, 1.82) is 0 Å². The zero-order chi connectivity index (χ0) is 12.0. The van der Waals surface area contributed by atoms with Crippen LogP contribution in [0.2, 0.25) is 0 Å². The number of nitrogens with two attached hydrogens (primary N) is 1. The molecule has 0 aromatic heterocycles. The highest BCUT2D eigenvalue weighted by Gasteiger charge is 2.09. The summed E-state index contributed by atoms with van der Waals surface area (Å²) in [7, 11) is 3.10. The second-order valence-corrected chi connectivity index (χ2v) is 2.98. The van der Waals surface area contributed by atoms with E-state index >= 15 is 0 Å². The zero-order valence-corrected chi connectivity index (χ0v) is 9.24. The minimum Gasteiger partial charge on any atom is -0.493 e. The van der Waals surface area contributed by atoms with Crippen molar-refractivity contribution in [2.45, 2.75) is 6.54 Å². The number of hydrogen-bond acceptors (Lipinski definition) is 4. The average Bonchev–Trinajstić information content (AvgIpc) is 2.34. The van der Waals surface area contributed by atoms with Gasteiger partial charge in [0.15, 0.2) is 11.5 Å². The van der Waals surface area contributed by atoms with Gasteiger partial charge in [-0.25, -0.2) is 10.6 Å². The Morgan fingerprint density at radius 1 is 1.38 bits per heavy atom. The number of nitrogens with one attached hydrogen (secondary N) is 2. The largest absolute Gasteiger partial charge is 0.493 e. The lowest BCUT2D eigenvalue weighted by atomic mass is 10.2. The Hall–Kier alpha value is -1.95. The lowest BCUT2D eigenvalue weighted by molar-refractivity contribution is 0.240. The molecule has 6 nitrogen and oxygen atoms in total. The number of para-hydroxylation sites is 1. The SMILES string of the molecule is COc1cccc(CNC(=O)NN)c1OC. The summed E-state index contributed by atoms with van der Waals surface area (Å²) < 4.78 is 10.3. The fourth-order valence-electron chi connectivity index (χ4n) is 1.32. The van der Waals surface area contributed by atoms with Crippen molar-refractivity contribution < 1.29 is 14.3 Å². The van der Waals surface area contributed by atoms with Crippen LogP contribution in [0.5, 0.6) is 11.5 Å². The molecule has 0 spiro atoms. The van der Waals surface area contributed by atoms with E-state index < -0.39 is 6.03 Å². The summed E-state index contributed by atoms with van der Waals surface area (Å²) in [5, 5.41) is 2.56. The van der Waals surface area contributed by atoms with Gasteiger partial charge >= 0.3 is 6.03 Å². The number of methoxy groups -OCH3 is 2. The van der Waals surface area contributed by atoms with Gasteiger partial charge in [0.1, 0.15) is 0 Å². The van der Waals surface area contributed by atoms with E-state index in [2.05, 4.69) is 5.32 Å². The van der Waals surface area contributed by atoms with Crippen LogP contribution >= 0.6 is 0 Å². The van der Waals surface area contributed by atoms with Crippen LogP contribution in [-0.4, -0.2) is 20.3 Å². The summed E-state index contributed by atoms with van der Waals surface area (Å²) in [5.74, 6) is 6.16. The number of benzene rings is 1. The van der Waals surface area contributed by atoms with Gasteiger partial charge in [-0.1, -0.05) is 12.1 Å². The molecule has 4 N–H and O–H groups in total. The first-order valence-corrected chi connectivity index (χ1v) is 4.67. The Morgan fingerprint density at radius 2 is 2.12 bits per heavy atom. The van der Waals surface area contributed by atoms with Crippen molar-refractivity contribution in [2.75, 3.05) is 14.2 Å². The highest BCUT2D eigenvalue weighted by atomic mass is 16.5. The van der Waals surface area contributed by atoms with Gasteiger partial charge in [-0.3, -0.25) is 5.43 Å². The molecule has 16 heavy (non-hydrogen) atoms. The third-order valence-electron chi connectivity index (χ3n) is 2.05. The van der Waals surface area contributed by atoms with E-state index in [-0.39, 0.29) is 0 Å². The Labute approximate surface area is 93.7 Å². The maximum absolute atomic E-state index is 10.9. The molecule has 88 valence electrons. The van der Waals surface area contributed by atoms with Crippen LogP contribution in [0.15, 0.2) is 18.2 Å². The van der Waals surface area contributed by atoms with Crippen molar-refractivity contribution in [3.63, 3.8) is 0 Å². The number of amides is 2. The minimum absolute atomic E-state index is 0.309. The molecule has 0 aliphatic heterocycles. The molecule has 0 fully saturated rings. The molecule has 6 heteroatoms. The van der Waals surface area contributed by atoms with E-state index in [1.165, 1.54) is 0 Å². The number of urea groups is 1. The van der Waals surface area contributed by atoms with Crippen molar-refractivity contribution in [2.24, 2.45) is 5.84 Å². The van der Waals surface area contributed by atoms with Crippen LogP contribution < -0.4 is 26.1 Å². The fraction of sp³-hybridized carbons (Fsp3) is 0.300. The standard InChI is InChI=1S/C10H15N3O3/c1-15-8-5-3-4-7(9(8)16-2)6-12-10(14)13-11/h3-5H,6,11H2,1-2H3,(H2,12,13,14). The van der Waals surface area contributed by atoms with Gasteiger partial charge in [0.2, 0.25) is 0 Å². The molecule has 0 atom stereocenters. The van der Waals surface area contributed by atoms with Gasteiger partial charge < -0.3 is 14.8 Å². The summed E-state index contributed by atoms with van der Waals surface area (Å²) in [4.78, 5) is 10.9. The van der Waals surface area contributed by atoms with E-state index in [9.17, 15) is 4.79 Å². The monoisotopic (exact) mass is 225 g/mol. The molecule has 0 saturated heterocycles. The average molecular weight is 225 g/mol. The summed E-state index contributed by atoms with van der Waals surface area (Å²) in [5.41, 5.74) is 2.79.